The minimum absolute atomic E-state index is 0.0149. The second-order valence-electron chi connectivity index (χ2n) is 6.80. The van der Waals surface area contributed by atoms with Crippen LogP contribution in [0.1, 0.15) is 43.9 Å². The first-order valence-corrected chi connectivity index (χ1v) is 9.13. The third-order valence-electron chi connectivity index (χ3n) is 4.97. The number of nitrogens with zero attached hydrogens (tertiary/aromatic N) is 2. The van der Waals surface area contributed by atoms with E-state index in [1.807, 2.05) is 0 Å². The van der Waals surface area contributed by atoms with Crippen molar-refractivity contribution in [3.05, 3.63) is 69.3 Å². The number of ether oxygens (including phenoxy) is 1. The maximum Gasteiger partial charge on any atom is 0.283 e. The van der Waals surface area contributed by atoms with Crippen molar-refractivity contribution < 1.29 is 24.0 Å². The van der Waals surface area contributed by atoms with E-state index in [4.69, 9.17) is 4.74 Å². The summed E-state index contributed by atoms with van der Waals surface area (Å²) in [7, 11) is 0. The van der Waals surface area contributed by atoms with Crippen LogP contribution >= 0.6 is 0 Å². The van der Waals surface area contributed by atoms with Gasteiger partial charge in [0.1, 0.15) is 5.56 Å². The molecule has 9 heteroatoms. The van der Waals surface area contributed by atoms with Gasteiger partial charge in [0, 0.05) is 24.8 Å². The van der Waals surface area contributed by atoms with Gasteiger partial charge in [0.25, 0.3) is 23.4 Å². The van der Waals surface area contributed by atoms with Crippen molar-refractivity contribution in [3.63, 3.8) is 0 Å². The van der Waals surface area contributed by atoms with Crippen LogP contribution in [0.5, 0.6) is 0 Å². The van der Waals surface area contributed by atoms with Crippen molar-refractivity contribution in [2.75, 3.05) is 18.1 Å². The van der Waals surface area contributed by atoms with Crippen LogP contribution in [0.2, 0.25) is 0 Å². The molecule has 0 aliphatic carbocycles. The van der Waals surface area contributed by atoms with E-state index in [1.54, 1.807) is 12.1 Å². The molecular weight excluding hydrogens is 378 g/mol. The third-order valence-corrected chi connectivity index (χ3v) is 4.97. The zero-order chi connectivity index (χ0) is 20.5. The fourth-order valence-electron chi connectivity index (χ4n) is 3.55. The van der Waals surface area contributed by atoms with Crippen LogP contribution < -0.4 is 10.2 Å². The van der Waals surface area contributed by atoms with E-state index in [-0.39, 0.29) is 34.4 Å². The molecule has 0 aromatic heterocycles. The van der Waals surface area contributed by atoms with Crippen LogP contribution in [0.15, 0.2) is 42.5 Å². The average Bonchev–Trinajstić information content (AvgIpc) is 3.33. The summed E-state index contributed by atoms with van der Waals surface area (Å²) in [5, 5.41) is 14.0. The molecule has 2 aromatic carbocycles. The zero-order valence-electron chi connectivity index (χ0n) is 15.3. The van der Waals surface area contributed by atoms with Gasteiger partial charge in [-0.1, -0.05) is 12.1 Å². The zero-order valence-corrected chi connectivity index (χ0v) is 15.3. The highest BCUT2D eigenvalue weighted by atomic mass is 16.6. The fraction of sp³-hybridized carbons (Fsp3) is 0.250. The molecule has 2 aliphatic rings. The van der Waals surface area contributed by atoms with E-state index in [2.05, 4.69) is 5.32 Å². The van der Waals surface area contributed by atoms with Gasteiger partial charge >= 0.3 is 0 Å². The topological polar surface area (TPSA) is 119 Å². The van der Waals surface area contributed by atoms with Gasteiger partial charge in [-0.3, -0.25) is 24.5 Å². The summed E-state index contributed by atoms with van der Waals surface area (Å²) >= 11 is 0. The van der Waals surface area contributed by atoms with Crippen LogP contribution in [0.4, 0.5) is 11.4 Å². The van der Waals surface area contributed by atoms with Gasteiger partial charge in [0.05, 0.1) is 22.3 Å². The number of nitrogens with one attached hydrogen (secondary N) is 1. The second-order valence-corrected chi connectivity index (χ2v) is 6.80. The molecule has 1 saturated heterocycles. The minimum atomic E-state index is -0.783. The highest BCUT2D eigenvalue weighted by Crippen LogP contribution is 2.34. The first-order valence-electron chi connectivity index (χ1n) is 9.13. The molecular formula is C20H17N3O6. The summed E-state index contributed by atoms with van der Waals surface area (Å²) < 4.78 is 5.47. The number of carbonyl (C=O) groups is 3. The lowest BCUT2D eigenvalue weighted by Gasteiger charge is -2.15. The van der Waals surface area contributed by atoms with E-state index in [9.17, 15) is 24.5 Å². The molecule has 0 saturated carbocycles. The minimum Gasteiger partial charge on any atom is -0.376 e. The molecule has 1 fully saturated rings. The number of amides is 3. The van der Waals surface area contributed by atoms with Crippen LogP contribution in [0, 0.1) is 10.1 Å². The van der Waals surface area contributed by atoms with Gasteiger partial charge in [-0.25, -0.2) is 4.90 Å². The Labute approximate surface area is 165 Å². The number of nitro groups is 1. The lowest BCUT2D eigenvalue weighted by atomic mass is 10.1. The number of hydrogen-bond donors (Lipinski definition) is 1. The molecule has 9 nitrogen and oxygen atoms in total. The normalized spacial score (nSPS) is 18.1. The number of benzene rings is 2. The molecule has 0 radical (unpaired) electrons. The van der Waals surface area contributed by atoms with Gasteiger partial charge in [0.2, 0.25) is 0 Å². The van der Waals surface area contributed by atoms with Gasteiger partial charge < -0.3 is 10.1 Å². The number of rotatable bonds is 5. The SMILES string of the molecule is O=C(NCC1CCCO1)c1cccc(N2C(=O)c3cccc([N+](=O)[O-])c3C2=O)c1. The first kappa shape index (κ1) is 18.8. The Morgan fingerprint density at radius 3 is 2.72 bits per heavy atom. The predicted octanol–water partition coefficient (Wildman–Crippen LogP) is 2.30. The van der Waals surface area contributed by atoms with E-state index >= 15 is 0 Å². The molecule has 29 heavy (non-hydrogen) atoms. The number of hydrogen-bond acceptors (Lipinski definition) is 6. The monoisotopic (exact) mass is 395 g/mol. The summed E-state index contributed by atoms with van der Waals surface area (Å²) in [6.07, 6.45) is 1.83. The van der Waals surface area contributed by atoms with Crippen LogP contribution in [0.3, 0.4) is 0 Å². The Hall–Kier alpha value is -3.59. The summed E-state index contributed by atoms with van der Waals surface area (Å²) in [4.78, 5) is 49.4. The Balaban J connectivity index is 1.59. The lowest BCUT2D eigenvalue weighted by Crippen LogP contribution is -2.32. The number of fused-ring (bicyclic) bond motifs is 1. The highest BCUT2D eigenvalue weighted by Gasteiger charge is 2.41. The summed E-state index contributed by atoms with van der Waals surface area (Å²) in [6.45, 7) is 1.06. The largest absolute Gasteiger partial charge is 0.376 e. The maximum atomic E-state index is 12.8. The molecule has 2 heterocycles. The molecule has 1 N–H and O–H groups in total. The number of imide groups is 1. The van der Waals surface area contributed by atoms with Crippen molar-refractivity contribution in [2.45, 2.75) is 18.9 Å². The fourth-order valence-corrected chi connectivity index (χ4v) is 3.55. The molecule has 3 amide bonds. The maximum absolute atomic E-state index is 12.8. The van der Waals surface area contributed by atoms with Crippen molar-refractivity contribution in [3.8, 4) is 0 Å². The van der Waals surface area contributed by atoms with Gasteiger partial charge in [-0.05, 0) is 37.1 Å². The van der Waals surface area contributed by atoms with Crippen LogP contribution in [-0.4, -0.2) is 41.9 Å². The third kappa shape index (κ3) is 3.36. The Bertz CT molecular complexity index is 1030. The molecule has 2 aromatic rings. The quantitative estimate of drug-likeness (QED) is 0.471. The summed E-state index contributed by atoms with van der Waals surface area (Å²) in [5.74, 6) is -1.80. The van der Waals surface area contributed by atoms with Gasteiger partial charge in [0.15, 0.2) is 0 Å². The number of anilines is 1. The molecule has 2 aliphatic heterocycles. The smallest absolute Gasteiger partial charge is 0.283 e. The molecule has 4 rings (SSSR count). The number of carbonyl (C=O) groups excluding carboxylic acids is 3. The average molecular weight is 395 g/mol. The second kappa shape index (κ2) is 7.44. The van der Waals surface area contributed by atoms with Crippen molar-refractivity contribution in [2.24, 2.45) is 0 Å². The summed E-state index contributed by atoms with van der Waals surface area (Å²) in [6, 6.07) is 9.95. The van der Waals surface area contributed by atoms with Crippen molar-refractivity contribution in [1.82, 2.24) is 5.32 Å². The standard InChI is InChI=1S/C20H17N3O6/c24-18(21-11-14-6-3-9-29-14)12-4-1-5-13(10-12)22-19(25)15-7-2-8-16(23(27)28)17(15)20(22)26/h1-2,4-5,7-8,10,14H,3,6,9,11H2,(H,21,24). The molecule has 1 unspecified atom stereocenters. The Kier molecular flexibility index (Phi) is 4.81. The first-order chi connectivity index (χ1) is 14.0. The summed E-state index contributed by atoms with van der Waals surface area (Å²) in [5.41, 5.74) is -0.246. The van der Waals surface area contributed by atoms with Crippen molar-refractivity contribution in [1.29, 1.82) is 0 Å². The molecule has 0 spiro atoms. The van der Waals surface area contributed by atoms with Crippen LogP contribution in [0.25, 0.3) is 0 Å². The number of nitro benzene ring substituents is 1. The Morgan fingerprint density at radius 1 is 1.21 bits per heavy atom. The van der Waals surface area contributed by atoms with Crippen LogP contribution in [-0.2, 0) is 4.74 Å². The van der Waals surface area contributed by atoms with Gasteiger partial charge in [-0.15, -0.1) is 0 Å². The Morgan fingerprint density at radius 2 is 2.00 bits per heavy atom. The highest BCUT2D eigenvalue weighted by molar-refractivity contribution is 6.35. The molecule has 0 bridgehead atoms. The lowest BCUT2D eigenvalue weighted by molar-refractivity contribution is -0.385. The van der Waals surface area contributed by atoms with E-state index in [1.165, 1.54) is 30.3 Å². The molecule has 148 valence electrons. The van der Waals surface area contributed by atoms with E-state index in [0.717, 1.165) is 17.7 Å². The van der Waals surface area contributed by atoms with Gasteiger partial charge in [-0.2, -0.15) is 0 Å². The van der Waals surface area contributed by atoms with Crippen molar-refractivity contribution >= 4 is 29.1 Å². The van der Waals surface area contributed by atoms with E-state index < -0.39 is 22.4 Å². The predicted molar refractivity (Wildman–Crippen MR) is 102 cm³/mol. The van der Waals surface area contributed by atoms with E-state index in [0.29, 0.717) is 13.2 Å². The molecule has 1 atom stereocenters.